The lowest BCUT2D eigenvalue weighted by Gasteiger charge is -2.36. The number of nitrogens with one attached hydrogen (secondary N) is 1. The lowest BCUT2D eigenvalue weighted by atomic mass is 9.85. The first-order valence-corrected chi connectivity index (χ1v) is 6.32. The van der Waals surface area contributed by atoms with E-state index in [0.717, 1.165) is 24.8 Å². The molecule has 0 aliphatic heterocycles. The number of benzene rings is 1. The number of hydrogen-bond acceptors (Lipinski definition) is 2. The molecule has 1 aromatic rings. The number of hydrogen-bond donors (Lipinski definition) is 2. The Hall–Kier alpha value is -1.35. The van der Waals surface area contributed by atoms with Crippen LogP contribution >= 0.6 is 0 Å². The van der Waals surface area contributed by atoms with Crippen LogP contribution in [-0.2, 0) is 16.8 Å². The Bertz CT molecular complexity index is 453. The Morgan fingerprint density at radius 2 is 2.12 bits per heavy atom. The van der Waals surface area contributed by atoms with E-state index >= 15 is 0 Å². The molecule has 0 bridgehead atoms. The highest BCUT2D eigenvalue weighted by molar-refractivity contribution is 5.82. The van der Waals surface area contributed by atoms with E-state index in [4.69, 9.17) is 0 Å². The molecule has 0 radical (unpaired) electrons. The second-order valence-corrected chi connectivity index (χ2v) is 5.14. The molecule has 1 saturated carbocycles. The second kappa shape index (κ2) is 3.84. The molecule has 0 saturated heterocycles. The van der Waals surface area contributed by atoms with E-state index in [-0.39, 0.29) is 0 Å². The van der Waals surface area contributed by atoms with Gasteiger partial charge in [0.15, 0.2) is 0 Å². The van der Waals surface area contributed by atoms with Gasteiger partial charge in [-0.1, -0.05) is 30.7 Å². The van der Waals surface area contributed by atoms with Gasteiger partial charge in [0.25, 0.3) is 0 Å². The van der Waals surface area contributed by atoms with Crippen molar-refractivity contribution >= 4 is 5.97 Å². The Labute approximate surface area is 101 Å². The van der Waals surface area contributed by atoms with Crippen molar-refractivity contribution in [1.82, 2.24) is 5.32 Å². The summed E-state index contributed by atoms with van der Waals surface area (Å²) in [7, 11) is 0. The predicted octanol–water partition coefficient (Wildman–Crippen LogP) is 2.05. The molecule has 1 atom stereocenters. The van der Waals surface area contributed by atoms with Crippen LogP contribution in [0.3, 0.4) is 0 Å². The highest BCUT2D eigenvalue weighted by Crippen LogP contribution is 2.39. The van der Waals surface area contributed by atoms with Crippen LogP contribution in [0, 0.1) is 0 Å². The third kappa shape index (κ3) is 1.57. The van der Waals surface area contributed by atoms with Crippen molar-refractivity contribution in [1.29, 1.82) is 0 Å². The maximum atomic E-state index is 11.7. The maximum Gasteiger partial charge on any atom is 0.328 e. The number of fused-ring (bicyclic) bond motifs is 1. The minimum Gasteiger partial charge on any atom is -0.480 e. The van der Waals surface area contributed by atoms with Crippen LogP contribution in [0.5, 0.6) is 0 Å². The molecule has 3 heteroatoms. The number of aryl methyl sites for hydroxylation is 1. The van der Waals surface area contributed by atoms with Crippen LogP contribution in [0.1, 0.15) is 36.8 Å². The Kier molecular flexibility index (Phi) is 2.44. The number of carboxylic acid groups (broad SMARTS) is 1. The largest absolute Gasteiger partial charge is 0.480 e. The molecular weight excluding hydrogens is 214 g/mol. The minimum atomic E-state index is -0.832. The molecule has 2 N–H and O–H groups in total. The molecule has 90 valence electrons. The lowest BCUT2D eigenvalue weighted by Crippen LogP contribution is -2.54. The van der Waals surface area contributed by atoms with Gasteiger partial charge in [0.2, 0.25) is 0 Å². The number of carbonyl (C=O) groups is 1. The Morgan fingerprint density at radius 1 is 1.35 bits per heavy atom. The van der Waals surface area contributed by atoms with Crippen molar-refractivity contribution in [2.24, 2.45) is 0 Å². The second-order valence-electron chi connectivity index (χ2n) is 5.14. The topological polar surface area (TPSA) is 49.3 Å². The molecule has 2 aliphatic carbocycles. The summed E-state index contributed by atoms with van der Waals surface area (Å²) in [6.07, 6.45) is 4.98. The first kappa shape index (κ1) is 10.8. The average Bonchev–Trinajstić information content (AvgIpc) is 2.64. The monoisotopic (exact) mass is 231 g/mol. The van der Waals surface area contributed by atoms with Gasteiger partial charge in [0.1, 0.15) is 5.54 Å². The minimum absolute atomic E-state index is 0.386. The van der Waals surface area contributed by atoms with Gasteiger partial charge in [-0.15, -0.1) is 0 Å². The summed E-state index contributed by atoms with van der Waals surface area (Å²) in [6.45, 7) is 0. The van der Waals surface area contributed by atoms with E-state index in [1.54, 1.807) is 0 Å². The van der Waals surface area contributed by atoms with Crippen molar-refractivity contribution in [2.75, 3.05) is 0 Å². The molecule has 3 nitrogen and oxygen atoms in total. The summed E-state index contributed by atoms with van der Waals surface area (Å²) in [5.41, 5.74) is 1.32. The first-order chi connectivity index (χ1) is 8.22. The fourth-order valence-corrected chi connectivity index (χ4v) is 2.95. The van der Waals surface area contributed by atoms with Crippen LogP contribution in [0.2, 0.25) is 0 Å². The molecular formula is C14H17NO2. The summed E-state index contributed by atoms with van der Waals surface area (Å²) >= 11 is 0. The molecule has 1 fully saturated rings. The van der Waals surface area contributed by atoms with Crippen molar-refractivity contribution in [3.63, 3.8) is 0 Å². The van der Waals surface area contributed by atoms with Crippen LogP contribution < -0.4 is 5.32 Å². The van der Waals surface area contributed by atoms with Crippen LogP contribution in [0.15, 0.2) is 24.3 Å². The fourth-order valence-electron chi connectivity index (χ4n) is 2.95. The predicted molar refractivity (Wildman–Crippen MR) is 64.9 cm³/mol. The fraction of sp³-hybridized carbons (Fsp3) is 0.500. The lowest BCUT2D eigenvalue weighted by molar-refractivity contribution is -0.146. The summed E-state index contributed by atoms with van der Waals surface area (Å²) in [5, 5.41) is 13.0. The summed E-state index contributed by atoms with van der Waals surface area (Å²) in [4.78, 5) is 11.7. The zero-order valence-corrected chi connectivity index (χ0v) is 9.78. The highest BCUT2D eigenvalue weighted by atomic mass is 16.4. The van der Waals surface area contributed by atoms with Gasteiger partial charge in [-0.2, -0.15) is 0 Å². The smallest absolute Gasteiger partial charge is 0.328 e. The Balaban J connectivity index is 1.98. The molecule has 0 aromatic heterocycles. The third-order valence-corrected chi connectivity index (χ3v) is 4.17. The SMILES string of the molecule is O=C(O)C1(NC2CCC2)CCc2ccccc21. The standard InChI is InChI=1S/C14H17NO2/c16-13(17)14(15-11-5-3-6-11)9-8-10-4-1-2-7-12(10)14/h1-2,4,7,11,15H,3,5-6,8-9H2,(H,16,17). The van der Waals surface area contributed by atoms with Gasteiger partial charge in [0.05, 0.1) is 0 Å². The highest BCUT2D eigenvalue weighted by Gasteiger charge is 2.47. The van der Waals surface area contributed by atoms with E-state index in [1.807, 2.05) is 24.3 Å². The normalized spacial score (nSPS) is 27.5. The van der Waals surface area contributed by atoms with Crippen molar-refractivity contribution in [3.8, 4) is 0 Å². The molecule has 0 amide bonds. The maximum absolute atomic E-state index is 11.7. The van der Waals surface area contributed by atoms with Gasteiger partial charge in [-0.25, -0.2) is 4.79 Å². The van der Waals surface area contributed by atoms with E-state index < -0.39 is 11.5 Å². The Morgan fingerprint density at radius 3 is 2.76 bits per heavy atom. The van der Waals surface area contributed by atoms with Crippen molar-refractivity contribution in [3.05, 3.63) is 35.4 Å². The van der Waals surface area contributed by atoms with Crippen molar-refractivity contribution < 1.29 is 9.90 Å². The zero-order chi connectivity index (χ0) is 11.9. The number of carboxylic acids is 1. The van der Waals surface area contributed by atoms with E-state index in [9.17, 15) is 9.90 Å². The van der Waals surface area contributed by atoms with Gasteiger partial charge >= 0.3 is 5.97 Å². The summed E-state index contributed by atoms with van der Waals surface area (Å²) in [6, 6.07) is 8.31. The molecule has 2 aliphatic rings. The van der Waals surface area contributed by atoms with E-state index in [2.05, 4.69) is 5.32 Å². The summed E-state index contributed by atoms with van der Waals surface area (Å²) < 4.78 is 0. The van der Waals surface area contributed by atoms with Gasteiger partial charge < -0.3 is 5.11 Å². The van der Waals surface area contributed by atoms with Crippen molar-refractivity contribution in [2.45, 2.75) is 43.7 Å². The molecule has 1 unspecified atom stereocenters. The third-order valence-electron chi connectivity index (χ3n) is 4.17. The molecule has 0 heterocycles. The van der Waals surface area contributed by atoms with E-state index in [1.165, 1.54) is 12.0 Å². The number of aliphatic carboxylic acids is 1. The molecule has 3 rings (SSSR count). The van der Waals surface area contributed by atoms with Gasteiger partial charge in [-0.3, -0.25) is 5.32 Å². The molecule has 0 spiro atoms. The van der Waals surface area contributed by atoms with Gasteiger partial charge in [-0.05, 0) is 36.8 Å². The average molecular weight is 231 g/mol. The first-order valence-electron chi connectivity index (χ1n) is 6.32. The number of rotatable bonds is 3. The molecule has 17 heavy (non-hydrogen) atoms. The molecule has 1 aromatic carbocycles. The van der Waals surface area contributed by atoms with Crippen LogP contribution in [-0.4, -0.2) is 17.1 Å². The quantitative estimate of drug-likeness (QED) is 0.837. The van der Waals surface area contributed by atoms with Gasteiger partial charge in [0, 0.05) is 6.04 Å². The van der Waals surface area contributed by atoms with E-state index in [0.29, 0.717) is 12.5 Å². The van der Waals surface area contributed by atoms with Crippen LogP contribution in [0.25, 0.3) is 0 Å². The zero-order valence-electron chi connectivity index (χ0n) is 9.78. The summed E-state index contributed by atoms with van der Waals surface area (Å²) in [5.74, 6) is -0.727. The van der Waals surface area contributed by atoms with Crippen LogP contribution in [0.4, 0.5) is 0 Å².